The second-order valence-electron chi connectivity index (χ2n) is 3.60. The fourth-order valence-corrected chi connectivity index (χ4v) is 1.76. The lowest BCUT2D eigenvalue weighted by atomic mass is 10.1. The number of rotatable bonds is 2. The van der Waals surface area contributed by atoms with Crippen molar-refractivity contribution in [1.82, 2.24) is 9.97 Å². The third kappa shape index (κ3) is 2.48. The van der Waals surface area contributed by atoms with Crippen LogP contribution in [0.2, 0.25) is 5.28 Å². The van der Waals surface area contributed by atoms with Crippen molar-refractivity contribution >= 4 is 28.3 Å². The Morgan fingerprint density at radius 1 is 1.28 bits per heavy atom. The van der Waals surface area contributed by atoms with Gasteiger partial charge in [-0.15, -0.1) is 0 Å². The molecule has 0 fully saturated rings. The molecule has 0 bridgehead atoms. The molecule has 0 unspecified atom stereocenters. The number of fused-ring (bicyclic) bond motifs is 1. The van der Waals surface area contributed by atoms with Crippen LogP contribution < -0.4 is 5.32 Å². The Balaban J connectivity index is 2.64. The second kappa shape index (κ2) is 4.61. The number of hydrogen-bond acceptors (Lipinski definition) is 3. The summed E-state index contributed by atoms with van der Waals surface area (Å²) in [4.78, 5) is 7.75. The van der Waals surface area contributed by atoms with E-state index in [0.717, 1.165) is 12.1 Å². The minimum Gasteiger partial charge on any atom is -0.370 e. The number of hydrogen-bond donors (Lipinski definition) is 1. The molecule has 0 aliphatic carbocycles. The Labute approximate surface area is 106 Å². The Morgan fingerprint density at radius 2 is 2.00 bits per heavy atom. The molecule has 1 heterocycles. The lowest BCUT2D eigenvalue weighted by Crippen LogP contribution is -2.06. The Hall–Kier alpha value is -1.56. The maximum absolute atomic E-state index is 12.6. The predicted octanol–water partition coefficient (Wildman–Crippen LogP) is 3.73. The Morgan fingerprint density at radius 3 is 2.61 bits per heavy atom. The van der Waals surface area contributed by atoms with Crippen molar-refractivity contribution < 1.29 is 13.2 Å². The largest absolute Gasteiger partial charge is 0.416 e. The molecule has 2 aromatic rings. The molecule has 0 spiro atoms. The standard InChI is InChI=1S/C11H9ClF3N3/c1-2-16-9-7-4-3-6(11(13,14)15)5-8(7)17-10(12)18-9/h3-5H,2H2,1H3,(H,16,17,18). The van der Waals surface area contributed by atoms with Crippen LogP contribution in [-0.2, 0) is 6.18 Å². The van der Waals surface area contributed by atoms with Crippen LogP contribution >= 0.6 is 11.6 Å². The number of benzene rings is 1. The molecule has 3 nitrogen and oxygen atoms in total. The van der Waals surface area contributed by atoms with E-state index in [9.17, 15) is 13.2 Å². The van der Waals surface area contributed by atoms with Crippen molar-refractivity contribution in [3.8, 4) is 0 Å². The van der Waals surface area contributed by atoms with Gasteiger partial charge in [0.05, 0.1) is 11.1 Å². The average Bonchev–Trinajstić information content (AvgIpc) is 2.27. The number of alkyl halides is 3. The van der Waals surface area contributed by atoms with E-state index in [1.807, 2.05) is 6.92 Å². The third-order valence-corrected chi connectivity index (χ3v) is 2.51. The highest BCUT2D eigenvalue weighted by molar-refractivity contribution is 6.28. The number of halogens is 4. The Kier molecular flexibility index (Phi) is 3.30. The van der Waals surface area contributed by atoms with Gasteiger partial charge in [0, 0.05) is 11.9 Å². The van der Waals surface area contributed by atoms with Gasteiger partial charge in [-0.1, -0.05) is 0 Å². The van der Waals surface area contributed by atoms with Crippen LogP contribution in [0, 0.1) is 0 Å². The maximum Gasteiger partial charge on any atom is 0.416 e. The summed E-state index contributed by atoms with van der Waals surface area (Å²) in [6, 6.07) is 3.30. The molecule has 1 aromatic heterocycles. The average molecular weight is 276 g/mol. The first kappa shape index (κ1) is 12.9. The van der Waals surface area contributed by atoms with E-state index < -0.39 is 11.7 Å². The molecule has 18 heavy (non-hydrogen) atoms. The molecular weight excluding hydrogens is 267 g/mol. The van der Waals surface area contributed by atoms with Crippen molar-refractivity contribution in [1.29, 1.82) is 0 Å². The van der Waals surface area contributed by atoms with E-state index in [-0.39, 0.29) is 10.8 Å². The maximum atomic E-state index is 12.6. The van der Waals surface area contributed by atoms with E-state index >= 15 is 0 Å². The summed E-state index contributed by atoms with van der Waals surface area (Å²) in [7, 11) is 0. The normalized spacial score (nSPS) is 11.8. The predicted molar refractivity (Wildman–Crippen MR) is 63.7 cm³/mol. The molecule has 2 rings (SSSR count). The van der Waals surface area contributed by atoms with Crippen LogP contribution in [0.3, 0.4) is 0 Å². The highest BCUT2D eigenvalue weighted by Crippen LogP contribution is 2.32. The van der Waals surface area contributed by atoms with Crippen LogP contribution in [-0.4, -0.2) is 16.5 Å². The van der Waals surface area contributed by atoms with Gasteiger partial charge in [-0.25, -0.2) is 9.97 Å². The van der Waals surface area contributed by atoms with Crippen LogP contribution in [0.25, 0.3) is 10.9 Å². The molecule has 1 N–H and O–H groups in total. The van der Waals surface area contributed by atoms with Crippen LogP contribution in [0.1, 0.15) is 12.5 Å². The van der Waals surface area contributed by atoms with Crippen molar-refractivity contribution in [2.45, 2.75) is 13.1 Å². The van der Waals surface area contributed by atoms with Crippen molar-refractivity contribution in [3.05, 3.63) is 29.0 Å². The van der Waals surface area contributed by atoms with Crippen molar-refractivity contribution in [2.75, 3.05) is 11.9 Å². The van der Waals surface area contributed by atoms with Gasteiger partial charge in [0.15, 0.2) is 0 Å². The molecule has 0 aliphatic heterocycles. The summed E-state index contributed by atoms with van der Waals surface area (Å²) in [5.41, 5.74) is -0.590. The van der Waals surface area contributed by atoms with E-state index in [1.165, 1.54) is 6.07 Å². The summed E-state index contributed by atoms with van der Waals surface area (Å²) < 4.78 is 37.7. The lowest BCUT2D eigenvalue weighted by Gasteiger charge is -2.10. The number of nitrogens with zero attached hydrogens (tertiary/aromatic N) is 2. The zero-order valence-electron chi connectivity index (χ0n) is 9.35. The van der Waals surface area contributed by atoms with Crippen LogP contribution in [0.15, 0.2) is 18.2 Å². The molecule has 0 saturated heterocycles. The minimum absolute atomic E-state index is 0.0854. The first-order valence-corrected chi connectivity index (χ1v) is 5.58. The van der Waals surface area contributed by atoms with Gasteiger partial charge in [-0.05, 0) is 36.7 Å². The molecule has 0 atom stereocenters. The van der Waals surface area contributed by atoms with E-state index in [0.29, 0.717) is 17.7 Å². The number of aromatic nitrogens is 2. The molecular formula is C11H9ClF3N3. The quantitative estimate of drug-likeness (QED) is 0.849. The molecule has 0 saturated carbocycles. The van der Waals surface area contributed by atoms with Crippen molar-refractivity contribution in [2.24, 2.45) is 0 Å². The number of anilines is 1. The zero-order chi connectivity index (χ0) is 13.3. The van der Waals surface area contributed by atoms with Crippen molar-refractivity contribution in [3.63, 3.8) is 0 Å². The number of nitrogens with one attached hydrogen (secondary N) is 1. The molecule has 7 heteroatoms. The smallest absolute Gasteiger partial charge is 0.370 e. The van der Waals surface area contributed by atoms with E-state index in [4.69, 9.17) is 11.6 Å². The lowest BCUT2D eigenvalue weighted by molar-refractivity contribution is -0.137. The van der Waals surface area contributed by atoms with Gasteiger partial charge in [0.1, 0.15) is 5.82 Å². The molecule has 0 aliphatic rings. The van der Waals surface area contributed by atoms with Crippen LogP contribution in [0.4, 0.5) is 19.0 Å². The molecule has 1 aromatic carbocycles. The van der Waals surface area contributed by atoms with Gasteiger partial charge >= 0.3 is 6.18 Å². The minimum atomic E-state index is -4.40. The molecule has 0 radical (unpaired) electrons. The second-order valence-corrected chi connectivity index (χ2v) is 3.94. The highest BCUT2D eigenvalue weighted by Gasteiger charge is 2.30. The van der Waals surface area contributed by atoms with Gasteiger partial charge in [-0.2, -0.15) is 13.2 Å². The van der Waals surface area contributed by atoms with Gasteiger partial charge in [-0.3, -0.25) is 0 Å². The van der Waals surface area contributed by atoms with Gasteiger partial charge in [0.25, 0.3) is 0 Å². The fraction of sp³-hybridized carbons (Fsp3) is 0.273. The zero-order valence-corrected chi connectivity index (χ0v) is 10.1. The SMILES string of the molecule is CCNc1nc(Cl)nc2cc(C(F)(F)F)ccc12. The van der Waals surface area contributed by atoms with Crippen LogP contribution in [0.5, 0.6) is 0 Å². The van der Waals surface area contributed by atoms with Gasteiger partial charge < -0.3 is 5.32 Å². The van der Waals surface area contributed by atoms with E-state index in [2.05, 4.69) is 15.3 Å². The highest BCUT2D eigenvalue weighted by atomic mass is 35.5. The Bertz CT molecular complexity index is 583. The summed E-state index contributed by atoms with van der Waals surface area (Å²) in [6.45, 7) is 2.44. The van der Waals surface area contributed by atoms with Gasteiger partial charge in [0.2, 0.25) is 5.28 Å². The summed E-state index contributed by atoms with van der Waals surface area (Å²) in [6.07, 6.45) is -4.40. The first-order valence-electron chi connectivity index (χ1n) is 5.20. The first-order chi connectivity index (χ1) is 8.41. The fourth-order valence-electron chi connectivity index (χ4n) is 1.58. The third-order valence-electron chi connectivity index (χ3n) is 2.34. The molecule has 96 valence electrons. The summed E-state index contributed by atoms with van der Waals surface area (Å²) in [5.74, 6) is 0.432. The monoisotopic (exact) mass is 275 g/mol. The summed E-state index contributed by atoms with van der Waals surface area (Å²) in [5, 5.41) is 3.36. The molecule has 0 amide bonds. The summed E-state index contributed by atoms with van der Waals surface area (Å²) >= 11 is 5.68. The van der Waals surface area contributed by atoms with E-state index in [1.54, 1.807) is 0 Å². The topological polar surface area (TPSA) is 37.8 Å².